The van der Waals surface area contributed by atoms with E-state index in [0.29, 0.717) is 38.2 Å². The van der Waals surface area contributed by atoms with Crippen LogP contribution >= 0.6 is 31.9 Å². The fraction of sp³-hybridized carbons (Fsp3) is 0.286. The van der Waals surface area contributed by atoms with Gasteiger partial charge in [-0.2, -0.15) is 0 Å². The normalized spacial score (nSPS) is 10.4. The van der Waals surface area contributed by atoms with Gasteiger partial charge in [-0.1, -0.05) is 12.1 Å². The Hall–Kier alpha value is -1.18. The van der Waals surface area contributed by atoms with E-state index >= 15 is 0 Å². The van der Waals surface area contributed by atoms with Crippen molar-refractivity contribution in [2.45, 2.75) is 0 Å². The molecule has 2 rings (SSSR count). The third kappa shape index (κ3) is 6.41. The molecule has 7 heteroatoms. The maximum Gasteiger partial charge on any atom is 0.214 e. The maximum absolute atomic E-state index is 5.44. The minimum Gasteiger partial charge on any atom is -0.475 e. The first kappa shape index (κ1) is 16.2. The quantitative estimate of drug-likeness (QED) is 0.486. The topological polar surface area (TPSA) is 53.5 Å². The van der Waals surface area contributed by atoms with Crippen molar-refractivity contribution in [3.63, 3.8) is 0 Å². The molecule has 0 atom stereocenters. The highest BCUT2D eigenvalue weighted by atomic mass is 79.9. The first-order chi connectivity index (χ1) is 10.2. The molecular formula is C14H14Br2N2O3. The molecule has 2 aromatic rings. The highest BCUT2D eigenvalue weighted by Crippen LogP contribution is 2.12. The van der Waals surface area contributed by atoms with E-state index in [0.717, 1.165) is 9.21 Å². The van der Waals surface area contributed by atoms with E-state index < -0.39 is 0 Å². The Bertz CT molecular complexity index is 520. The molecule has 0 aliphatic carbocycles. The van der Waals surface area contributed by atoms with Crippen molar-refractivity contribution in [3.8, 4) is 11.8 Å². The summed E-state index contributed by atoms with van der Waals surface area (Å²) in [7, 11) is 0. The number of hydrogen-bond donors (Lipinski definition) is 0. The summed E-state index contributed by atoms with van der Waals surface area (Å²) < 4.78 is 17.8. The molecule has 2 aromatic heterocycles. The molecule has 0 N–H and O–H groups in total. The molecule has 0 aliphatic heterocycles. The van der Waals surface area contributed by atoms with E-state index in [9.17, 15) is 0 Å². The number of halogens is 2. The molecule has 112 valence electrons. The SMILES string of the molecule is Brc1cccc(OCCOCCOc2cccc(Br)n2)n1. The van der Waals surface area contributed by atoms with Crippen molar-refractivity contribution in [2.24, 2.45) is 0 Å². The van der Waals surface area contributed by atoms with Crippen LogP contribution in [0.5, 0.6) is 11.8 Å². The van der Waals surface area contributed by atoms with Crippen LogP contribution in [-0.4, -0.2) is 36.4 Å². The second-order valence-electron chi connectivity index (χ2n) is 3.91. The van der Waals surface area contributed by atoms with Crippen LogP contribution in [0.25, 0.3) is 0 Å². The zero-order chi connectivity index (χ0) is 14.9. The first-order valence-corrected chi connectivity index (χ1v) is 7.91. The summed E-state index contributed by atoms with van der Waals surface area (Å²) in [6.45, 7) is 1.84. The Morgan fingerprint density at radius 3 is 1.62 bits per heavy atom. The Morgan fingerprint density at radius 1 is 0.714 bits per heavy atom. The van der Waals surface area contributed by atoms with Crippen LogP contribution in [0.2, 0.25) is 0 Å². The highest BCUT2D eigenvalue weighted by Gasteiger charge is 1.98. The summed E-state index contributed by atoms with van der Waals surface area (Å²) in [5, 5.41) is 0. The molecule has 0 saturated carbocycles. The number of pyridine rings is 2. The molecule has 0 unspecified atom stereocenters. The third-order valence-electron chi connectivity index (χ3n) is 2.33. The van der Waals surface area contributed by atoms with Gasteiger partial charge in [0.25, 0.3) is 0 Å². The zero-order valence-corrected chi connectivity index (χ0v) is 14.3. The van der Waals surface area contributed by atoms with Crippen molar-refractivity contribution >= 4 is 31.9 Å². The summed E-state index contributed by atoms with van der Waals surface area (Å²) in [5.41, 5.74) is 0. The maximum atomic E-state index is 5.44. The molecule has 0 amide bonds. The fourth-order valence-corrected chi connectivity index (χ4v) is 2.11. The lowest BCUT2D eigenvalue weighted by molar-refractivity contribution is 0.0742. The van der Waals surface area contributed by atoms with E-state index in [1.165, 1.54) is 0 Å². The lowest BCUT2D eigenvalue weighted by atomic mass is 10.5. The number of aromatic nitrogens is 2. The van der Waals surface area contributed by atoms with Crippen LogP contribution < -0.4 is 9.47 Å². The van der Waals surface area contributed by atoms with Gasteiger partial charge in [0, 0.05) is 12.1 Å². The fourth-order valence-electron chi connectivity index (χ4n) is 1.45. The van der Waals surface area contributed by atoms with Crippen molar-refractivity contribution in [1.82, 2.24) is 9.97 Å². The molecule has 0 aromatic carbocycles. The largest absolute Gasteiger partial charge is 0.475 e. The number of nitrogens with zero attached hydrogens (tertiary/aromatic N) is 2. The van der Waals surface area contributed by atoms with Gasteiger partial charge in [-0.05, 0) is 44.0 Å². The monoisotopic (exact) mass is 416 g/mol. The summed E-state index contributed by atoms with van der Waals surface area (Å²) in [6, 6.07) is 11.0. The van der Waals surface area contributed by atoms with Crippen LogP contribution in [0.4, 0.5) is 0 Å². The molecule has 5 nitrogen and oxygen atoms in total. The van der Waals surface area contributed by atoms with Gasteiger partial charge in [-0.3, -0.25) is 0 Å². The van der Waals surface area contributed by atoms with Gasteiger partial charge in [-0.25, -0.2) is 9.97 Å². The van der Waals surface area contributed by atoms with Crippen LogP contribution in [0.15, 0.2) is 45.6 Å². The molecule has 0 radical (unpaired) electrons. The van der Waals surface area contributed by atoms with Crippen molar-refractivity contribution < 1.29 is 14.2 Å². The number of ether oxygens (including phenoxy) is 3. The van der Waals surface area contributed by atoms with Gasteiger partial charge in [0.1, 0.15) is 22.4 Å². The molecule has 0 saturated heterocycles. The average molecular weight is 418 g/mol. The Labute approximate surface area is 139 Å². The smallest absolute Gasteiger partial charge is 0.214 e. The van der Waals surface area contributed by atoms with Gasteiger partial charge in [0.15, 0.2) is 0 Å². The molecule has 0 bridgehead atoms. The summed E-state index contributed by atoms with van der Waals surface area (Å²) in [6.07, 6.45) is 0. The third-order valence-corrected chi connectivity index (χ3v) is 3.22. The van der Waals surface area contributed by atoms with Crippen molar-refractivity contribution in [2.75, 3.05) is 26.4 Å². The van der Waals surface area contributed by atoms with Crippen LogP contribution in [0.3, 0.4) is 0 Å². The highest BCUT2D eigenvalue weighted by molar-refractivity contribution is 9.10. The van der Waals surface area contributed by atoms with E-state index in [4.69, 9.17) is 14.2 Å². The molecule has 0 aliphatic rings. The van der Waals surface area contributed by atoms with Crippen molar-refractivity contribution in [1.29, 1.82) is 0 Å². The van der Waals surface area contributed by atoms with Crippen LogP contribution in [0.1, 0.15) is 0 Å². The summed E-state index contributed by atoms with van der Waals surface area (Å²) >= 11 is 6.57. The Kier molecular flexibility index (Phi) is 6.91. The van der Waals surface area contributed by atoms with E-state index in [-0.39, 0.29) is 0 Å². The van der Waals surface area contributed by atoms with E-state index in [2.05, 4.69) is 41.8 Å². The predicted molar refractivity (Wildman–Crippen MR) is 85.7 cm³/mol. The molecular weight excluding hydrogens is 404 g/mol. The molecule has 21 heavy (non-hydrogen) atoms. The molecule has 0 spiro atoms. The van der Waals surface area contributed by atoms with Crippen LogP contribution in [-0.2, 0) is 4.74 Å². The second kappa shape index (κ2) is 8.96. The zero-order valence-electron chi connectivity index (χ0n) is 11.2. The van der Waals surface area contributed by atoms with Gasteiger partial charge in [0.2, 0.25) is 11.8 Å². The minimum atomic E-state index is 0.443. The summed E-state index contributed by atoms with van der Waals surface area (Å²) in [5.74, 6) is 1.14. The average Bonchev–Trinajstić information content (AvgIpc) is 2.46. The second-order valence-corrected chi connectivity index (χ2v) is 5.53. The number of hydrogen-bond acceptors (Lipinski definition) is 5. The standard InChI is InChI=1S/C14H14Br2N2O3/c15-11-3-1-5-13(17-11)20-9-7-19-8-10-21-14-6-2-4-12(16)18-14/h1-6H,7-10H2. The van der Waals surface area contributed by atoms with Crippen LogP contribution in [0, 0.1) is 0 Å². The molecule has 0 fully saturated rings. The van der Waals surface area contributed by atoms with E-state index in [1.54, 1.807) is 12.1 Å². The number of rotatable bonds is 8. The summed E-state index contributed by atoms with van der Waals surface area (Å²) in [4.78, 5) is 8.31. The van der Waals surface area contributed by atoms with Gasteiger partial charge < -0.3 is 14.2 Å². The van der Waals surface area contributed by atoms with E-state index in [1.807, 2.05) is 24.3 Å². The Morgan fingerprint density at radius 2 is 1.19 bits per heavy atom. The lowest BCUT2D eigenvalue weighted by Crippen LogP contribution is -2.12. The molecule has 2 heterocycles. The van der Waals surface area contributed by atoms with Gasteiger partial charge >= 0.3 is 0 Å². The van der Waals surface area contributed by atoms with Gasteiger partial charge in [-0.15, -0.1) is 0 Å². The van der Waals surface area contributed by atoms with Crippen molar-refractivity contribution in [3.05, 3.63) is 45.6 Å². The predicted octanol–water partition coefficient (Wildman–Crippen LogP) is 3.48. The van der Waals surface area contributed by atoms with Gasteiger partial charge in [0.05, 0.1) is 13.2 Å². The Balaban J connectivity index is 1.54. The first-order valence-electron chi connectivity index (χ1n) is 6.32. The lowest BCUT2D eigenvalue weighted by Gasteiger charge is -2.08. The minimum absolute atomic E-state index is 0.443.